The summed E-state index contributed by atoms with van der Waals surface area (Å²) in [5, 5.41) is 8.97. The Morgan fingerprint density at radius 2 is 1.82 bits per heavy atom. The van der Waals surface area contributed by atoms with Crippen LogP contribution >= 0.6 is 0 Å². The smallest absolute Gasteiger partial charge is 0.307 e. The van der Waals surface area contributed by atoms with Crippen LogP contribution in [0.2, 0.25) is 0 Å². The molecule has 33 heavy (non-hydrogen) atoms. The maximum Gasteiger partial charge on any atom is 0.307 e. The average Bonchev–Trinajstić information content (AvgIpc) is 2.79. The molecule has 0 radical (unpaired) electrons. The lowest BCUT2D eigenvalue weighted by atomic mass is 10.00. The molecule has 0 bridgehead atoms. The van der Waals surface area contributed by atoms with E-state index in [0.717, 1.165) is 37.2 Å². The first-order valence-corrected chi connectivity index (χ1v) is 11.4. The van der Waals surface area contributed by atoms with Crippen LogP contribution in [0.4, 0.5) is 4.39 Å². The Kier molecular flexibility index (Phi) is 9.02. The lowest BCUT2D eigenvalue weighted by Gasteiger charge is -2.26. The van der Waals surface area contributed by atoms with E-state index < -0.39 is 5.97 Å². The molecule has 0 aliphatic carbocycles. The van der Waals surface area contributed by atoms with Crippen LogP contribution in [0.15, 0.2) is 72.8 Å². The summed E-state index contributed by atoms with van der Waals surface area (Å²) in [5.41, 5.74) is 3.78. The van der Waals surface area contributed by atoms with Crippen LogP contribution in [0.5, 0.6) is 5.75 Å². The number of carbonyl (C=O) groups is 1. The lowest BCUT2D eigenvalue weighted by Crippen LogP contribution is -2.29. The fourth-order valence-corrected chi connectivity index (χ4v) is 3.97. The van der Waals surface area contributed by atoms with Gasteiger partial charge in [-0.05, 0) is 59.7 Å². The van der Waals surface area contributed by atoms with E-state index in [4.69, 9.17) is 9.84 Å². The molecule has 174 valence electrons. The number of carboxylic acids is 1. The van der Waals surface area contributed by atoms with Crippen molar-refractivity contribution in [2.75, 3.05) is 19.7 Å². The van der Waals surface area contributed by atoms with Crippen molar-refractivity contribution in [3.8, 4) is 5.75 Å². The Morgan fingerprint density at radius 3 is 2.55 bits per heavy atom. The predicted molar refractivity (Wildman–Crippen MR) is 129 cm³/mol. The van der Waals surface area contributed by atoms with Crippen molar-refractivity contribution in [1.29, 1.82) is 0 Å². The van der Waals surface area contributed by atoms with Crippen LogP contribution in [-0.2, 0) is 17.8 Å². The van der Waals surface area contributed by atoms with Crippen molar-refractivity contribution in [3.05, 3.63) is 101 Å². The molecule has 3 aromatic carbocycles. The van der Waals surface area contributed by atoms with Crippen molar-refractivity contribution in [2.24, 2.45) is 0 Å². The molecular weight excluding hydrogens is 417 g/mol. The topological polar surface area (TPSA) is 49.8 Å². The fraction of sp³-hybridized carbons (Fsp3) is 0.321. The van der Waals surface area contributed by atoms with Crippen molar-refractivity contribution in [3.63, 3.8) is 0 Å². The molecule has 0 saturated heterocycles. The first-order valence-electron chi connectivity index (χ1n) is 11.4. The zero-order chi connectivity index (χ0) is 23.6. The summed E-state index contributed by atoms with van der Waals surface area (Å²) >= 11 is 0. The molecule has 5 heteroatoms. The lowest BCUT2D eigenvalue weighted by molar-refractivity contribution is -0.136. The van der Waals surface area contributed by atoms with Crippen LogP contribution in [0.3, 0.4) is 0 Å². The summed E-state index contributed by atoms with van der Waals surface area (Å²) < 4.78 is 19.6. The predicted octanol–water partition coefficient (Wildman–Crippen LogP) is 5.84. The van der Waals surface area contributed by atoms with Crippen LogP contribution < -0.4 is 4.74 Å². The van der Waals surface area contributed by atoms with E-state index in [1.165, 1.54) is 11.6 Å². The fourth-order valence-electron chi connectivity index (χ4n) is 3.97. The Labute approximate surface area is 195 Å². The molecule has 0 fully saturated rings. The van der Waals surface area contributed by atoms with Crippen LogP contribution in [0.1, 0.15) is 41.5 Å². The number of nitrogens with zero attached hydrogens (tertiary/aromatic N) is 1. The molecule has 0 saturated carbocycles. The van der Waals surface area contributed by atoms with Gasteiger partial charge < -0.3 is 9.84 Å². The highest BCUT2D eigenvalue weighted by molar-refractivity contribution is 5.70. The summed E-state index contributed by atoms with van der Waals surface area (Å²) in [7, 11) is 0. The maximum absolute atomic E-state index is 13.7. The first-order chi connectivity index (χ1) is 15.9. The molecule has 0 spiro atoms. The Morgan fingerprint density at radius 1 is 1.03 bits per heavy atom. The number of ether oxygens (including phenoxy) is 1. The van der Waals surface area contributed by atoms with Gasteiger partial charge in [0.1, 0.15) is 11.6 Å². The van der Waals surface area contributed by atoms with Crippen LogP contribution in [-0.4, -0.2) is 35.7 Å². The van der Waals surface area contributed by atoms with Gasteiger partial charge in [-0.3, -0.25) is 9.69 Å². The SMILES string of the molecule is Cc1cc(CN(CCCOc2cccc(CC(=O)O)c2)C[C@H](C)c2ccccc2)ccc1F. The van der Waals surface area contributed by atoms with Crippen molar-refractivity contribution < 1.29 is 19.0 Å². The molecule has 0 aliphatic rings. The van der Waals surface area contributed by atoms with Gasteiger partial charge in [-0.2, -0.15) is 0 Å². The highest BCUT2D eigenvalue weighted by atomic mass is 19.1. The number of carboxylic acid groups (broad SMARTS) is 1. The standard InChI is InChI=1S/C28H32FNO3/c1-21-16-24(12-13-27(21)29)20-30(19-22(2)25-9-4-3-5-10-25)14-7-15-33-26-11-6-8-23(17-26)18-28(31)32/h3-6,8-13,16-17,22H,7,14-15,18-20H2,1-2H3,(H,31,32)/t22-/m0/s1. The molecule has 0 unspecified atom stereocenters. The maximum atomic E-state index is 13.7. The Balaban J connectivity index is 1.59. The van der Waals surface area contributed by atoms with E-state index in [1.54, 1.807) is 19.1 Å². The summed E-state index contributed by atoms with van der Waals surface area (Å²) in [6.07, 6.45) is 0.810. The molecule has 0 heterocycles. The first kappa shape index (κ1) is 24.5. The molecule has 1 atom stereocenters. The van der Waals surface area contributed by atoms with Gasteiger partial charge in [0.25, 0.3) is 0 Å². The zero-order valence-corrected chi connectivity index (χ0v) is 19.3. The normalized spacial score (nSPS) is 12.0. The van der Waals surface area contributed by atoms with E-state index in [-0.39, 0.29) is 12.2 Å². The third-order valence-corrected chi connectivity index (χ3v) is 5.67. The number of hydrogen-bond donors (Lipinski definition) is 1. The second kappa shape index (κ2) is 12.2. The van der Waals surface area contributed by atoms with E-state index in [0.29, 0.717) is 23.8 Å². The third kappa shape index (κ3) is 8.03. The summed E-state index contributed by atoms with van der Waals surface area (Å²) in [6, 6.07) is 23.0. The summed E-state index contributed by atoms with van der Waals surface area (Å²) in [5.74, 6) is 0.0151. The van der Waals surface area contributed by atoms with Gasteiger partial charge in [-0.15, -0.1) is 0 Å². The number of halogens is 1. The molecule has 0 aliphatic heterocycles. The highest BCUT2D eigenvalue weighted by Gasteiger charge is 2.13. The van der Waals surface area contributed by atoms with Crippen LogP contribution in [0, 0.1) is 12.7 Å². The van der Waals surface area contributed by atoms with Gasteiger partial charge in [0.2, 0.25) is 0 Å². The monoisotopic (exact) mass is 449 g/mol. The van der Waals surface area contributed by atoms with Gasteiger partial charge in [0, 0.05) is 19.6 Å². The van der Waals surface area contributed by atoms with Crippen LogP contribution in [0.25, 0.3) is 0 Å². The minimum absolute atomic E-state index is 0.0144. The minimum atomic E-state index is -0.855. The van der Waals surface area contributed by atoms with E-state index in [9.17, 15) is 9.18 Å². The highest BCUT2D eigenvalue weighted by Crippen LogP contribution is 2.19. The second-order valence-corrected chi connectivity index (χ2v) is 8.55. The van der Waals surface area contributed by atoms with Gasteiger partial charge in [-0.25, -0.2) is 4.39 Å². The van der Waals surface area contributed by atoms with E-state index in [1.807, 2.05) is 30.3 Å². The Hall–Kier alpha value is -3.18. The molecule has 3 rings (SSSR count). The number of rotatable bonds is 12. The van der Waals surface area contributed by atoms with Gasteiger partial charge >= 0.3 is 5.97 Å². The number of aliphatic carboxylic acids is 1. The second-order valence-electron chi connectivity index (χ2n) is 8.55. The largest absolute Gasteiger partial charge is 0.494 e. The number of aryl methyl sites for hydroxylation is 1. The van der Waals surface area contributed by atoms with E-state index >= 15 is 0 Å². The van der Waals surface area contributed by atoms with Crippen molar-refractivity contribution >= 4 is 5.97 Å². The summed E-state index contributed by atoms with van der Waals surface area (Å²) in [6.45, 7) is 7.02. The van der Waals surface area contributed by atoms with Gasteiger partial charge in [0.05, 0.1) is 13.0 Å². The van der Waals surface area contributed by atoms with Gasteiger partial charge in [0.15, 0.2) is 0 Å². The van der Waals surface area contributed by atoms with Crippen molar-refractivity contribution in [2.45, 2.75) is 39.2 Å². The molecule has 3 aromatic rings. The number of hydrogen-bond acceptors (Lipinski definition) is 3. The molecule has 1 N–H and O–H groups in total. The third-order valence-electron chi connectivity index (χ3n) is 5.67. The molecule has 0 amide bonds. The van der Waals surface area contributed by atoms with Crippen molar-refractivity contribution in [1.82, 2.24) is 4.90 Å². The number of benzene rings is 3. The Bertz CT molecular complexity index is 1040. The average molecular weight is 450 g/mol. The van der Waals surface area contributed by atoms with Gasteiger partial charge in [-0.1, -0.05) is 61.5 Å². The molecular formula is C28H32FNO3. The minimum Gasteiger partial charge on any atom is -0.494 e. The quantitative estimate of drug-likeness (QED) is 0.353. The molecule has 0 aromatic heterocycles. The summed E-state index contributed by atoms with van der Waals surface area (Å²) in [4.78, 5) is 13.3. The molecule has 4 nitrogen and oxygen atoms in total. The van der Waals surface area contributed by atoms with E-state index in [2.05, 4.69) is 36.1 Å². The zero-order valence-electron chi connectivity index (χ0n) is 19.3.